The molecule has 1 aromatic heterocycles. The lowest BCUT2D eigenvalue weighted by molar-refractivity contribution is -0.0703. The van der Waals surface area contributed by atoms with Gasteiger partial charge >= 0.3 is 6.09 Å². The third-order valence-corrected chi connectivity index (χ3v) is 8.64. The van der Waals surface area contributed by atoms with Crippen LogP contribution >= 0.6 is 11.6 Å². The first-order chi connectivity index (χ1) is 18.5. The summed E-state index contributed by atoms with van der Waals surface area (Å²) in [5, 5.41) is 29.5. The second kappa shape index (κ2) is 10.7. The summed E-state index contributed by atoms with van der Waals surface area (Å²) in [7, 11) is 0. The van der Waals surface area contributed by atoms with E-state index in [-0.39, 0.29) is 23.3 Å². The van der Waals surface area contributed by atoms with Crippen LogP contribution in [0.1, 0.15) is 64.0 Å². The molecule has 10 heteroatoms. The fraction of sp³-hybridized carbons (Fsp3) is 0.586. The minimum Gasteiger partial charge on any atom is -0.506 e. The molecule has 9 nitrogen and oxygen atoms in total. The zero-order valence-electron chi connectivity index (χ0n) is 22.8. The van der Waals surface area contributed by atoms with Gasteiger partial charge in [-0.2, -0.15) is 10.2 Å². The molecule has 0 spiro atoms. The Kier molecular flexibility index (Phi) is 7.51. The summed E-state index contributed by atoms with van der Waals surface area (Å²) in [5.74, 6) is 2.62. The summed E-state index contributed by atoms with van der Waals surface area (Å²) in [6.45, 7) is 6.98. The first-order valence-corrected chi connectivity index (χ1v) is 14.1. The Morgan fingerprint density at radius 2 is 1.97 bits per heavy atom. The molecule has 4 aliphatic rings. The maximum absolute atomic E-state index is 12.5. The van der Waals surface area contributed by atoms with E-state index in [0.29, 0.717) is 53.1 Å². The molecular weight excluding hydrogens is 516 g/mol. The number of hydrogen-bond acceptors (Lipinski definition) is 8. The van der Waals surface area contributed by atoms with Crippen molar-refractivity contribution in [3.05, 3.63) is 40.5 Å². The Morgan fingerprint density at radius 1 is 1.23 bits per heavy atom. The molecule has 1 heterocycles. The minimum atomic E-state index is -0.510. The standard InChI is InChI=1S/C29H37ClN6O3/c1-28(2,3)39-27(38)35-24-19-8-18-9-20(24)13-29(11-18,12-19)16-34-25-21(14-31)15-33-26(36-25)32-7-6-17-4-5-23(37)22(30)10-17/h4-5,10,15,18-20,24,37H,6-9,11-13,16H2,1-3H3,(H,35,38)(H2,32,33,34,36)/t18?,19-,20+,24?,29?. The SMILES string of the molecule is CC(C)(C)OC(=O)NC1[C@@H]2CC3C[C@H]1CC(CNc1nc(NCCc4ccc(O)c(Cl)c4)ncc1C#N)(C3)C2. The van der Waals surface area contributed by atoms with E-state index in [1.807, 2.05) is 26.8 Å². The predicted octanol–water partition coefficient (Wildman–Crippen LogP) is 5.49. The normalized spacial score (nSPS) is 27.1. The van der Waals surface area contributed by atoms with Crippen molar-refractivity contribution < 1.29 is 14.6 Å². The van der Waals surface area contributed by atoms with Crippen molar-refractivity contribution in [2.24, 2.45) is 23.2 Å². The molecule has 5 atom stereocenters. The smallest absolute Gasteiger partial charge is 0.407 e. The zero-order valence-corrected chi connectivity index (χ0v) is 23.5. The van der Waals surface area contributed by atoms with Gasteiger partial charge in [-0.05, 0) is 100 Å². The molecule has 6 rings (SSSR count). The van der Waals surface area contributed by atoms with Crippen LogP contribution in [0, 0.1) is 34.5 Å². The highest BCUT2D eigenvalue weighted by Gasteiger charge is 2.55. The van der Waals surface area contributed by atoms with Crippen molar-refractivity contribution >= 4 is 29.5 Å². The highest BCUT2D eigenvalue weighted by atomic mass is 35.5. The molecule has 3 unspecified atom stereocenters. The van der Waals surface area contributed by atoms with Crippen LogP contribution in [0.15, 0.2) is 24.4 Å². The third-order valence-electron chi connectivity index (χ3n) is 8.33. The maximum atomic E-state index is 12.5. The Hall–Kier alpha value is -3.25. The van der Waals surface area contributed by atoms with Crippen LogP contribution in [0.3, 0.4) is 0 Å². The number of nitrogens with zero attached hydrogens (tertiary/aromatic N) is 3. The zero-order chi connectivity index (χ0) is 27.8. The first kappa shape index (κ1) is 27.3. The van der Waals surface area contributed by atoms with Crippen LogP contribution in [-0.4, -0.2) is 45.9 Å². The summed E-state index contributed by atoms with van der Waals surface area (Å²) in [6, 6.07) is 7.52. The summed E-state index contributed by atoms with van der Waals surface area (Å²) < 4.78 is 5.54. The van der Waals surface area contributed by atoms with Crippen molar-refractivity contribution in [1.82, 2.24) is 15.3 Å². The van der Waals surface area contributed by atoms with E-state index in [0.717, 1.165) is 37.8 Å². The van der Waals surface area contributed by atoms with Gasteiger partial charge in [0, 0.05) is 19.1 Å². The number of rotatable bonds is 8. The molecule has 1 aromatic carbocycles. The predicted molar refractivity (Wildman–Crippen MR) is 150 cm³/mol. The fourth-order valence-corrected chi connectivity index (χ4v) is 7.27. The van der Waals surface area contributed by atoms with Gasteiger partial charge in [-0.15, -0.1) is 0 Å². The molecule has 4 bridgehead atoms. The molecular formula is C29H37ClN6O3. The Labute approximate surface area is 234 Å². The Morgan fingerprint density at radius 3 is 2.64 bits per heavy atom. The Bertz CT molecular complexity index is 1260. The van der Waals surface area contributed by atoms with Gasteiger partial charge in [0.25, 0.3) is 0 Å². The largest absolute Gasteiger partial charge is 0.506 e. The third kappa shape index (κ3) is 6.33. The number of hydrogen-bond donors (Lipinski definition) is 4. The van der Waals surface area contributed by atoms with Crippen molar-refractivity contribution in [2.75, 3.05) is 23.7 Å². The van der Waals surface area contributed by atoms with Gasteiger partial charge in [-0.3, -0.25) is 0 Å². The Balaban J connectivity index is 1.20. The molecule has 4 saturated carbocycles. The van der Waals surface area contributed by atoms with E-state index in [2.05, 4.69) is 32.0 Å². The second-order valence-electron chi connectivity index (χ2n) is 12.5. The van der Waals surface area contributed by atoms with Gasteiger partial charge in [0.05, 0.1) is 11.2 Å². The minimum absolute atomic E-state index is 0.0633. The highest BCUT2D eigenvalue weighted by molar-refractivity contribution is 6.32. The molecule has 0 aliphatic heterocycles. The topological polar surface area (TPSA) is 132 Å². The van der Waals surface area contributed by atoms with Crippen LogP contribution in [0.5, 0.6) is 5.75 Å². The summed E-state index contributed by atoms with van der Waals surface area (Å²) in [6.07, 6.45) is 7.46. The number of anilines is 2. The number of carbonyl (C=O) groups is 1. The van der Waals surface area contributed by atoms with Crippen LogP contribution in [0.25, 0.3) is 0 Å². The van der Waals surface area contributed by atoms with Crippen molar-refractivity contribution in [3.8, 4) is 11.8 Å². The van der Waals surface area contributed by atoms with E-state index in [9.17, 15) is 15.2 Å². The molecule has 4 N–H and O–H groups in total. The number of nitriles is 1. The molecule has 1 amide bonds. The van der Waals surface area contributed by atoms with E-state index >= 15 is 0 Å². The average molecular weight is 553 g/mol. The maximum Gasteiger partial charge on any atom is 0.407 e. The lowest BCUT2D eigenvalue weighted by Gasteiger charge is -2.60. The molecule has 2 aromatic rings. The van der Waals surface area contributed by atoms with Gasteiger partial charge in [0.1, 0.15) is 28.8 Å². The number of nitrogens with one attached hydrogen (secondary N) is 3. The fourth-order valence-electron chi connectivity index (χ4n) is 7.07. The van der Waals surface area contributed by atoms with Crippen molar-refractivity contribution in [1.29, 1.82) is 5.26 Å². The number of aromatic nitrogens is 2. The number of aromatic hydroxyl groups is 1. The van der Waals surface area contributed by atoms with Crippen molar-refractivity contribution in [2.45, 2.75) is 70.9 Å². The quantitative estimate of drug-likeness (QED) is 0.338. The number of alkyl carbamates (subject to hydrolysis) is 1. The van der Waals surface area contributed by atoms with Gasteiger partial charge in [-0.1, -0.05) is 17.7 Å². The molecule has 208 valence electrons. The average Bonchev–Trinajstić information content (AvgIpc) is 2.86. The number of carbonyl (C=O) groups excluding carboxylic acids is 1. The van der Waals surface area contributed by atoms with Crippen molar-refractivity contribution in [3.63, 3.8) is 0 Å². The molecule has 4 fully saturated rings. The monoisotopic (exact) mass is 552 g/mol. The van der Waals surface area contributed by atoms with E-state index < -0.39 is 5.60 Å². The van der Waals surface area contributed by atoms with E-state index in [1.54, 1.807) is 18.3 Å². The summed E-state index contributed by atoms with van der Waals surface area (Å²) >= 11 is 6.01. The lowest BCUT2D eigenvalue weighted by atomic mass is 9.48. The molecule has 4 aliphatic carbocycles. The number of phenols is 1. The summed E-state index contributed by atoms with van der Waals surface area (Å²) in [4.78, 5) is 21.4. The number of benzene rings is 1. The number of halogens is 1. The van der Waals surface area contributed by atoms with Crippen LogP contribution in [0.2, 0.25) is 5.02 Å². The molecule has 0 radical (unpaired) electrons. The number of phenolic OH excluding ortho intramolecular Hbond substituents is 1. The highest BCUT2D eigenvalue weighted by Crippen LogP contribution is 2.60. The van der Waals surface area contributed by atoms with Gasteiger partial charge in [0.2, 0.25) is 5.95 Å². The lowest BCUT2D eigenvalue weighted by Crippen LogP contribution is -2.60. The van der Waals surface area contributed by atoms with Crippen LogP contribution < -0.4 is 16.0 Å². The van der Waals surface area contributed by atoms with Gasteiger partial charge < -0.3 is 25.8 Å². The molecule has 39 heavy (non-hydrogen) atoms. The van der Waals surface area contributed by atoms with E-state index in [4.69, 9.17) is 16.3 Å². The summed E-state index contributed by atoms with van der Waals surface area (Å²) in [5.41, 5.74) is 1.02. The van der Waals surface area contributed by atoms with E-state index in [1.165, 1.54) is 6.42 Å². The van der Waals surface area contributed by atoms with Gasteiger partial charge in [-0.25, -0.2) is 9.78 Å². The number of amides is 1. The van der Waals surface area contributed by atoms with Crippen LogP contribution in [0.4, 0.5) is 16.6 Å². The number of ether oxygens (including phenoxy) is 1. The second-order valence-corrected chi connectivity index (χ2v) is 12.9. The van der Waals surface area contributed by atoms with Gasteiger partial charge in [0.15, 0.2) is 0 Å². The van der Waals surface area contributed by atoms with Crippen LogP contribution in [-0.2, 0) is 11.2 Å². The molecule has 0 saturated heterocycles. The first-order valence-electron chi connectivity index (χ1n) is 13.7.